The summed E-state index contributed by atoms with van der Waals surface area (Å²) >= 11 is 0. The molecule has 0 aliphatic carbocycles. The lowest BCUT2D eigenvalue weighted by molar-refractivity contribution is -0.143. The second-order valence-corrected chi connectivity index (χ2v) is 2.08. The number of nitrogens with two attached hydrogens (primary N) is 2. The zero-order valence-electron chi connectivity index (χ0n) is 7.76. The number of rotatable bonds is 4. The molecule has 0 aromatic heterocycles. The number of carbonyl (C=O) groups excluding carboxylic acids is 1. The summed E-state index contributed by atoms with van der Waals surface area (Å²) < 4.78 is 0. The lowest BCUT2D eigenvalue weighted by atomic mass is 10.3. The van der Waals surface area contributed by atoms with Crippen LogP contribution in [0, 0.1) is 0 Å². The first-order chi connectivity index (χ1) is 5.16. The lowest BCUT2D eigenvalue weighted by Gasteiger charge is -1.95. The maximum Gasteiger partial charge on any atom is 0.335 e. The Kier molecular flexibility index (Phi) is 25.3. The molecule has 0 fully saturated rings. The molecule has 0 amide bonds. The Morgan fingerprint density at radius 2 is 1.79 bits per heavy atom. The van der Waals surface area contributed by atoms with Crippen molar-refractivity contribution in [1.82, 2.24) is 0 Å². The molecular formula is C6H16Cl3N3O2. The van der Waals surface area contributed by atoms with Crippen LogP contribution >= 0.6 is 37.2 Å². The van der Waals surface area contributed by atoms with Crippen LogP contribution in [0.5, 0.6) is 0 Å². The molecule has 0 atom stereocenters. The summed E-state index contributed by atoms with van der Waals surface area (Å²) in [4.78, 5) is 15.0. The van der Waals surface area contributed by atoms with Gasteiger partial charge in [-0.25, -0.2) is 4.79 Å². The van der Waals surface area contributed by atoms with Gasteiger partial charge in [0.1, 0.15) is 0 Å². The van der Waals surface area contributed by atoms with E-state index >= 15 is 0 Å². The molecule has 0 aliphatic rings. The van der Waals surface area contributed by atoms with E-state index in [1.807, 2.05) is 6.92 Å². The minimum atomic E-state index is -0.403. The summed E-state index contributed by atoms with van der Waals surface area (Å²) in [6, 6.07) is 0. The normalized spacial score (nSPS) is 6.93. The van der Waals surface area contributed by atoms with Crippen LogP contribution in [0.3, 0.4) is 0 Å². The topological polar surface area (TPSA) is 90.7 Å². The first kappa shape index (κ1) is 23.4. The molecule has 4 N–H and O–H groups in total. The minimum Gasteiger partial charge on any atom is -0.367 e. The van der Waals surface area contributed by atoms with E-state index in [2.05, 4.69) is 9.99 Å². The zero-order valence-corrected chi connectivity index (χ0v) is 10.2. The highest BCUT2D eigenvalue weighted by molar-refractivity contribution is 5.86. The summed E-state index contributed by atoms with van der Waals surface area (Å²) in [6.45, 7) is 1.98. The van der Waals surface area contributed by atoms with E-state index in [1.165, 1.54) is 0 Å². The van der Waals surface area contributed by atoms with Gasteiger partial charge < -0.3 is 16.3 Å². The third kappa shape index (κ3) is 17.6. The van der Waals surface area contributed by atoms with Crippen molar-refractivity contribution in [2.45, 2.75) is 26.2 Å². The molecule has 0 saturated heterocycles. The van der Waals surface area contributed by atoms with Crippen LogP contribution in [0.2, 0.25) is 0 Å². The largest absolute Gasteiger partial charge is 0.367 e. The van der Waals surface area contributed by atoms with Crippen molar-refractivity contribution in [3.8, 4) is 0 Å². The predicted octanol–water partition coefficient (Wildman–Crippen LogP) is 1.17. The summed E-state index contributed by atoms with van der Waals surface area (Å²) in [7, 11) is 0. The molecule has 14 heavy (non-hydrogen) atoms. The SMILES string of the molecule is CCCCC(=O)ON=C(N)N.Cl.Cl.Cl. The van der Waals surface area contributed by atoms with Crippen molar-refractivity contribution in [2.24, 2.45) is 16.6 Å². The monoisotopic (exact) mass is 267 g/mol. The molecule has 0 spiro atoms. The first-order valence-corrected chi connectivity index (χ1v) is 3.45. The van der Waals surface area contributed by atoms with Gasteiger partial charge in [0.15, 0.2) is 0 Å². The van der Waals surface area contributed by atoms with Gasteiger partial charge in [-0.05, 0) is 11.6 Å². The smallest absolute Gasteiger partial charge is 0.335 e. The number of oxime groups is 1. The Hall–Kier alpha value is -0.390. The molecule has 88 valence electrons. The molecule has 0 rings (SSSR count). The van der Waals surface area contributed by atoms with Crippen molar-refractivity contribution in [1.29, 1.82) is 0 Å². The fraction of sp³-hybridized carbons (Fsp3) is 0.667. The van der Waals surface area contributed by atoms with Crippen LogP contribution in [0.25, 0.3) is 0 Å². The molecule has 0 unspecified atom stereocenters. The highest BCUT2D eigenvalue weighted by Crippen LogP contribution is 1.95. The second kappa shape index (κ2) is 15.1. The molecule has 8 heteroatoms. The number of nitrogens with zero attached hydrogens (tertiary/aromatic N) is 1. The van der Waals surface area contributed by atoms with Crippen molar-refractivity contribution < 1.29 is 9.63 Å². The predicted molar refractivity (Wildman–Crippen MR) is 63.2 cm³/mol. The van der Waals surface area contributed by atoms with Gasteiger partial charge in [0.25, 0.3) is 0 Å². The third-order valence-corrected chi connectivity index (χ3v) is 0.987. The molecule has 0 aliphatic heterocycles. The molecule has 0 bridgehead atoms. The molecule has 5 nitrogen and oxygen atoms in total. The fourth-order valence-electron chi connectivity index (χ4n) is 0.470. The van der Waals surface area contributed by atoms with Crippen molar-refractivity contribution in [3.63, 3.8) is 0 Å². The Labute approximate surface area is 102 Å². The number of guanidine groups is 1. The van der Waals surface area contributed by atoms with Gasteiger partial charge in [-0.2, -0.15) is 0 Å². The Morgan fingerprint density at radius 3 is 2.14 bits per heavy atom. The molecule has 0 aromatic carbocycles. The highest BCUT2D eigenvalue weighted by Gasteiger charge is 1.99. The van der Waals surface area contributed by atoms with E-state index in [4.69, 9.17) is 11.5 Å². The summed E-state index contributed by atoms with van der Waals surface area (Å²) in [5.74, 6) is -0.643. The standard InChI is InChI=1S/C6H13N3O2.3ClH/c1-2-3-4-5(10)11-9-6(7)8;;;/h2-4H2,1H3,(H4,7,8,9);3*1H. The molecule has 0 heterocycles. The van der Waals surface area contributed by atoms with E-state index in [1.54, 1.807) is 0 Å². The average Bonchev–Trinajstić information content (AvgIpc) is 1.97. The minimum absolute atomic E-state index is 0. The van der Waals surface area contributed by atoms with Crippen molar-refractivity contribution in [2.75, 3.05) is 0 Å². The molecule has 0 saturated carbocycles. The number of halogens is 3. The van der Waals surface area contributed by atoms with Gasteiger partial charge >= 0.3 is 5.97 Å². The van der Waals surface area contributed by atoms with Gasteiger partial charge in [0.05, 0.1) is 0 Å². The van der Waals surface area contributed by atoms with Gasteiger partial charge in [-0.1, -0.05) is 13.3 Å². The van der Waals surface area contributed by atoms with Crippen molar-refractivity contribution >= 4 is 49.1 Å². The van der Waals surface area contributed by atoms with Crippen LogP contribution < -0.4 is 11.5 Å². The maximum absolute atomic E-state index is 10.7. The van der Waals surface area contributed by atoms with Gasteiger partial charge in [0, 0.05) is 6.42 Å². The number of hydrogen-bond donors (Lipinski definition) is 2. The second-order valence-electron chi connectivity index (χ2n) is 2.08. The lowest BCUT2D eigenvalue weighted by Crippen LogP contribution is -2.23. The Balaban J connectivity index is -0.000000167. The molecular weight excluding hydrogens is 252 g/mol. The zero-order chi connectivity index (χ0) is 8.69. The molecule has 0 radical (unpaired) electrons. The van der Waals surface area contributed by atoms with Crippen LogP contribution in [0.4, 0.5) is 0 Å². The van der Waals surface area contributed by atoms with Crippen LogP contribution in [-0.4, -0.2) is 11.9 Å². The first-order valence-electron chi connectivity index (χ1n) is 3.45. The number of carbonyl (C=O) groups is 1. The van der Waals surface area contributed by atoms with Crippen LogP contribution in [0.1, 0.15) is 26.2 Å². The fourth-order valence-corrected chi connectivity index (χ4v) is 0.470. The van der Waals surface area contributed by atoms with E-state index in [0.717, 1.165) is 12.8 Å². The number of hydrogen-bond acceptors (Lipinski definition) is 3. The van der Waals surface area contributed by atoms with Crippen molar-refractivity contribution in [3.05, 3.63) is 0 Å². The van der Waals surface area contributed by atoms with Crippen LogP contribution in [0.15, 0.2) is 5.16 Å². The highest BCUT2D eigenvalue weighted by atomic mass is 35.5. The maximum atomic E-state index is 10.7. The summed E-state index contributed by atoms with van der Waals surface area (Å²) in [5.41, 5.74) is 9.84. The summed E-state index contributed by atoms with van der Waals surface area (Å²) in [5, 5.41) is 3.10. The van der Waals surface area contributed by atoms with E-state index in [-0.39, 0.29) is 43.2 Å². The Morgan fingerprint density at radius 1 is 1.29 bits per heavy atom. The molecule has 0 aromatic rings. The van der Waals surface area contributed by atoms with Gasteiger partial charge in [-0.3, -0.25) is 0 Å². The van der Waals surface area contributed by atoms with E-state index < -0.39 is 5.97 Å². The van der Waals surface area contributed by atoms with Gasteiger partial charge in [0.2, 0.25) is 5.96 Å². The van der Waals surface area contributed by atoms with Gasteiger partial charge in [-0.15, -0.1) is 37.2 Å². The quantitative estimate of drug-likeness (QED) is 0.347. The van der Waals surface area contributed by atoms with Crippen LogP contribution in [-0.2, 0) is 9.63 Å². The number of unbranched alkanes of at least 4 members (excludes halogenated alkanes) is 1. The Bertz CT molecular complexity index is 162. The summed E-state index contributed by atoms with van der Waals surface area (Å²) in [6.07, 6.45) is 2.09. The third-order valence-electron chi connectivity index (χ3n) is 0.987. The van der Waals surface area contributed by atoms with E-state index in [0.29, 0.717) is 6.42 Å². The van der Waals surface area contributed by atoms with E-state index in [9.17, 15) is 4.79 Å². The average molecular weight is 269 g/mol.